The third-order valence-corrected chi connectivity index (χ3v) is 13.9. The van der Waals surface area contributed by atoms with Crippen molar-refractivity contribution in [3.63, 3.8) is 0 Å². The van der Waals surface area contributed by atoms with Gasteiger partial charge in [-0.2, -0.15) is 0 Å². The Labute approximate surface area is 327 Å². The quantitative estimate of drug-likeness (QED) is 0.205. The molecule has 304 valence electrons. The van der Waals surface area contributed by atoms with Crippen molar-refractivity contribution in [2.75, 3.05) is 6.54 Å². The van der Waals surface area contributed by atoms with Crippen molar-refractivity contribution in [2.45, 2.75) is 143 Å². The average Bonchev–Trinajstić information content (AvgIpc) is 3.44. The Kier molecular flexibility index (Phi) is 13.8. The van der Waals surface area contributed by atoms with Crippen LogP contribution in [-0.4, -0.2) is 63.9 Å². The molecule has 0 amide bonds. The first-order valence-corrected chi connectivity index (χ1v) is 20.7. The van der Waals surface area contributed by atoms with E-state index < -0.39 is 17.5 Å². The number of aromatic hydroxyl groups is 1. The van der Waals surface area contributed by atoms with Crippen LogP contribution in [0.2, 0.25) is 0 Å². The molecule has 3 fully saturated rings. The summed E-state index contributed by atoms with van der Waals surface area (Å²) in [6.07, 6.45) is 16.0. The van der Waals surface area contributed by atoms with E-state index in [0.717, 1.165) is 57.8 Å². The largest absolute Gasteiger partial charge is 0.508 e. The van der Waals surface area contributed by atoms with Crippen LogP contribution in [0.25, 0.3) is 0 Å². The fraction of sp³-hybridized carbons (Fsp3) is 0.689. The van der Waals surface area contributed by atoms with Gasteiger partial charge in [0.15, 0.2) is 0 Å². The summed E-state index contributed by atoms with van der Waals surface area (Å²) >= 11 is 0. The maximum atomic E-state index is 12.9. The molecule has 0 aromatic heterocycles. The highest BCUT2D eigenvalue weighted by Gasteiger charge is 2.54. The van der Waals surface area contributed by atoms with Crippen LogP contribution in [0.4, 0.5) is 0 Å². The molecule has 10 heteroatoms. The summed E-state index contributed by atoms with van der Waals surface area (Å²) in [6, 6.07) is 5.90. The molecule has 11 atom stereocenters. The summed E-state index contributed by atoms with van der Waals surface area (Å²) in [6.45, 7) is 12.2. The molecule has 2 saturated carbocycles. The molecule has 7 rings (SSSR count). The van der Waals surface area contributed by atoms with E-state index in [1.165, 1.54) is 23.1 Å². The van der Waals surface area contributed by atoms with E-state index in [1.54, 1.807) is 0 Å². The number of hydrogen-bond acceptors (Lipinski definition) is 9. The first-order valence-electron chi connectivity index (χ1n) is 20.7. The van der Waals surface area contributed by atoms with Gasteiger partial charge in [0, 0.05) is 24.2 Å². The lowest BCUT2D eigenvalue weighted by atomic mass is 9.55. The molecule has 1 saturated heterocycles. The monoisotopic (exact) mass is 763 g/mol. The van der Waals surface area contributed by atoms with E-state index in [0.29, 0.717) is 53.5 Å². The van der Waals surface area contributed by atoms with E-state index in [4.69, 9.17) is 14.6 Å². The molecule has 0 radical (unpaired) electrons. The first kappa shape index (κ1) is 42.6. The van der Waals surface area contributed by atoms with Crippen molar-refractivity contribution in [2.24, 2.45) is 52.1 Å². The van der Waals surface area contributed by atoms with Crippen molar-refractivity contribution in [3.05, 3.63) is 53.1 Å². The van der Waals surface area contributed by atoms with Crippen LogP contribution in [-0.2, 0) is 35.1 Å². The normalized spacial score (nSPS) is 34.8. The Bertz CT molecular complexity index is 1630. The molecule has 1 aromatic rings. The Morgan fingerprint density at radius 1 is 1.07 bits per heavy atom. The smallest absolute Gasteiger partial charge is 0.317 e. The number of carbonyl (C=O) groups excluding carboxylic acids is 3. The van der Waals surface area contributed by atoms with Gasteiger partial charge < -0.3 is 30.5 Å². The molecule has 1 aromatic carbocycles. The van der Waals surface area contributed by atoms with E-state index in [9.17, 15) is 29.4 Å². The number of aliphatic hydroxyl groups is 1. The Morgan fingerprint density at radius 2 is 1.80 bits per heavy atom. The SMILES string of the molecule is CCC(C)(C)C(=O)O[C@H]1C[C@@H](C)C=C2C=C[C@H](C)[C@H](CC[C@@H]3C[C@@H](O)CC(=O)O3)[C@H]21.C[C@]12CC[C@@H]3c4ccc(O)cc4CC[C@H]3[C@@H]1CCC2=O.NCC(=O)O. The van der Waals surface area contributed by atoms with Crippen molar-refractivity contribution in [1.29, 1.82) is 0 Å². The highest BCUT2D eigenvalue weighted by atomic mass is 16.6. The Morgan fingerprint density at radius 3 is 2.47 bits per heavy atom. The fourth-order valence-corrected chi connectivity index (χ4v) is 10.4. The van der Waals surface area contributed by atoms with Gasteiger partial charge in [-0.3, -0.25) is 19.2 Å². The van der Waals surface area contributed by atoms with Crippen LogP contribution in [0.1, 0.15) is 129 Å². The van der Waals surface area contributed by atoms with Crippen LogP contribution in [0.15, 0.2) is 42.0 Å². The summed E-state index contributed by atoms with van der Waals surface area (Å²) in [7, 11) is 0. The van der Waals surface area contributed by atoms with Gasteiger partial charge in [0.1, 0.15) is 23.7 Å². The number of carboxylic acid groups (broad SMARTS) is 1. The van der Waals surface area contributed by atoms with Gasteiger partial charge in [-0.15, -0.1) is 0 Å². The lowest BCUT2D eigenvalue weighted by molar-refractivity contribution is -0.166. The van der Waals surface area contributed by atoms with Gasteiger partial charge in [0.05, 0.1) is 24.5 Å². The second-order valence-corrected chi connectivity index (χ2v) is 18.1. The van der Waals surface area contributed by atoms with Crippen LogP contribution >= 0.6 is 0 Å². The number of allylic oxidation sites excluding steroid dienone is 3. The fourth-order valence-electron chi connectivity index (χ4n) is 10.4. The van der Waals surface area contributed by atoms with Gasteiger partial charge in [-0.1, -0.05) is 52.0 Å². The number of fused-ring (bicyclic) bond motifs is 6. The molecular weight excluding hydrogens is 698 g/mol. The predicted molar refractivity (Wildman–Crippen MR) is 210 cm³/mol. The van der Waals surface area contributed by atoms with Crippen LogP contribution in [0.5, 0.6) is 5.75 Å². The van der Waals surface area contributed by atoms with Gasteiger partial charge in [0.2, 0.25) is 0 Å². The Hall–Kier alpha value is -3.50. The third-order valence-electron chi connectivity index (χ3n) is 13.9. The zero-order valence-corrected chi connectivity index (χ0v) is 33.8. The Balaban J connectivity index is 0.000000198. The number of ether oxygens (including phenoxy) is 2. The molecule has 1 aliphatic heterocycles. The molecule has 1 heterocycles. The first-order chi connectivity index (χ1) is 26.0. The number of phenolic OH excluding ortho intramolecular Hbond substituents is 1. The molecule has 10 nitrogen and oxygen atoms in total. The number of Topliss-reactive ketones (excluding diaryl/α,β-unsaturated/α-hetero) is 1. The number of cyclic esters (lactones) is 1. The summed E-state index contributed by atoms with van der Waals surface area (Å²) in [5.41, 5.74) is 8.10. The van der Waals surface area contributed by atoms with Crippen molar-refractivity contribution < 1.29 is 44.0 Å². The minimum Gasteiger partial charge on any atom is -0.508 e. The average molecular weight is 764 g/mol. The highest BCUT2D eigenvalue weighted by Crippen LogP contribution is 2.59. The molecule has 5 N–H and O–H groups in total. The number of aliphatic hydroxyl groups excluding tert-OH is 1. The van der Waals surface area contributed by atoms with E-state index >= 15 is 0 Å². The number of benzene rings is 1. The standard InChI is InChI=1S/C25H38O5.C18H22O2.C2H5NO2/c1-6-25(4,5)24(28)30-21-12-15(2)11-17-8-7-16(3)20(23(17)21)10-9-19-13-18(26)14-22(27)29-19;1-18-9-8-14-13-5-3-12(19)10-11(13)2-4-15(14)16(18)6-7-17(18)20;3-1-2(4)5/h7-8,11,15-16,18-21,23,26H,6,9-10,12-14H2,1-5H3;3,5,10,14-16,19H,2,4,6-9H2,1H3;1,3H2,(H,4,5)/t15-,16-,18+,19+,20-,21-,23-;14-,15-,16+,18+;/m01./s1. The number of hydrogen-bond donors (Lipinski definition) is 4. The predicted octanol–water partition coefficient (Wildman–Crippen LogP) is 7.43. The number of aliphatic carboxylic acids is 1. The van der Waals surface area contributed by atoms with Crippen molar-refractivity contribution in [3.8, 4) is 5.75 Å². The van der Waals surface area contributed by atoms with Gasteiger partial charge >= 0.3 is 17.9 Å². The number of phenols is 1. The minimum absolute atomic E-state index is 0.0322. The maximum absolute atomic E-state index is 12.9. The van der Waals surface area contributed by atoms with Crippen molar-refractivity contribution >= 4 is 23.7 Å². The summed E-state index contributed by atoms with van der Waals surface area (Å²) in [5, 5.41) is 27.2. The van der Waals surface area contributed by atoms with Crippen LogP contribution in [0.3, 0.4) is 0 Å². The minimum atomic E-state index is -0.968. The molecule has 55 heavy (non-hydrogen) atoms. The van der Waals surface area contributed by atoms with E-state index in [2.05, 4.69) is 50.8 Å². The number of carbonyl (C=O) groups is 4. The van der Waals surface area contributed by atoms with Crippen LogP contribution in [0, 0.1) is 46.3 Å². The zero-order chi connectivity index (χ0) is 40.2. The summed E-state index contributed by atoms with van der Waals surface area (Å²) < 4.78 is 11.6. The summed E-state index contributed by atoms with van der Waals surface area (Å²) in [5.74, 6) is 2.59. The number of aryl methyl sites for hydroxylation is 1. The van der Waals surface area contributed by atoms with Crippen LogP contribution < -0.4 is 5.73 Å². The van der Waals surface area contributed by atoms with E-state index in [-0.39, 0.29) is 48.4 Å². The molecular formula is C45H65NO9. The molecule has 6 aliphatic rings. The molecule has 0 unspecified atom stereocenters. The van der Waals surface area contributed by atoms with Gasteiger partial charge in [0.25, 0.3) is 0 Å². The maximum Gasteiger partial charge on any atom is 0.317 e. The lowest BCUT2D eigenvalue weighted by Crippen LogP contribution is -2.43. The zero-order valence-electron chi connectivity index (χ0n) is 33.8. The second-order valence-electron chi connectivity index (χ2n) is 18.1. The number of carboxylic acids is 1. The number of nitrogens with two attached hydrogens (primary N) is 1. The highest BCUT2D eigenvalue weighted by molar-refractivity contribution is 5.87. The molecule has 0 spiro atoms. The lowest BCUT2D eigenvalue weighted by Gasteiger charge is -2.48. The summed E-state index contributed by atoms with van der Waals surface area (Å²) in [4.78, 5) is 46.1. The third kappa shape index (κ3) is 9.73. The molecule has 0 bridgehead atoms. The topological polar surface area (TPSA) is 173 Å². The number of ketones is 1. The van der Waals surface area contributed by atoms with E-state index in [1.807, 2.05) is 32.9 Å². The van der Waals surface area contributed by atoms with Gasteiger partial charge in [-0.25, -0.2) is 0 Å². The van der Waals surface area contributed by atoms with Gasteiger partial charge in [-0.05, 0) is 136 Å². The molecule has 5 aliphatic carbocycles. The van der Waals surface area contributed by atoms with Crippen molar-refractivity contribution in [1.82, 2.24) is 0 Å². The number of esters is 2. The second kappa shape index (κ2) is 17.7. The number of rotatable bonds is 7.